The van der Waals surface area contributed by atoms with Crippen molar-refractivity contribution in [2.45, 2.75) is 12.7 Å². The van der Waals surface area contributed by atoms with E-state index >= 15 is 0 Å². The van der Waals surface area contributed by atoms with E-state index in [1.165, 1.54) is 11.8 Å². The van der Waals surface area contributed by atoms with Crippen LogP contribution in [0, 0.1) is 6.92 Å². The van der Waals surface area contributed by atoms with E-state index in [1.54, 1.807) is 19.0 Å². The van der Waals surface area contributed by atoms with Crippen LogP contribution in [0.15, 0.2) is 24.3 Å². The fourth-order valence-corrected chi connectivity index (χ4v) is 2.60. The lowest BCUT2D eigenvalue weighted by Crippen LogP contribution is -2.23. The summed E-state index contributed by atoms with van der Waals surface area (Å²) in [5.74, 6) is 2.03. The Bertz CT molecular complexity index is 691. The second kappa shape index (κ2) is 7.77. The van der Waals surface area contributed by atoms with Crippen LogP contribution in [0.25, 0.3) is 0 Å². The molecule has 7 nitrogen and oxygen atoms in total. The molecule has 3 N–H and O–H groups in total. The first-order valence-corrected chi connectivity index (χ1v) is 8.22. The number of nitrogens with one attached hydrogen (secondary N) is 1. The van der Waals surface area contributed by atoms with Gasteiger partial charge in [-0.05, 0) is 18.6 Å². The summed E-state index contributed by atoms with van der Waals surface area (Å²) in [6.45, 7) is 2.00. The molecule has 1 heterocycles. The highest BCUT2D eigenvalue weighted by Gasteiger charge is 2.08. The third-order valence-corrected chi connectivity index (χ3v) is 3.96. The number of thioether (sulfide) groups is 1. The molecule has 0 spiro atoms. The number of carbonyl (C=O) groups excluding carboxylic acids is 1. The van der Waals surface area contributed by atoms with Gasteiger partial charge in [0.15, 0.2) is 0 Å². The highest BCUT2D eigenvalue weighted by Crippen LogP contribution is 2.18. The topological polar surface area (TPSA) is 97.0 Å². The van der Waals surface area contributed by atoms with Crippen LogP contribution in [0.2, 0.25) is 0 Å². The van der Waals surface area contributed by atoms with Gasteiger partial charge in [-0.3, -0.25) is 4.79 Å². The fourth-order valence-electron chi connectivity index (χ4n) is 1.75. The van der Waals surface area contributed by atoms with Crippen LogP contribution in [-0.4, -0.2) is 45.6 Å². The van der Waals surface area contributed by atoms with Crippen molar-refractivity contribution in [2.24, 2.45) is 0 Å². The molecule has 0 fully saturated rings. The Morgan fingerprint density at radius 1 is 1.26 bits per heavy atom. The number of rotatable bonds is 6. The van der Waals surface area contributed by atoms with E-state index < -0.39 is 0 Å². The SMILES string of the molecule is Cc1ccccc1Nc1nc(N)nc(CSCC(=O)N(C)C)n1. The van der Waals surface area contributed by atoms with E-state index in [0.29, 0.717) is 23.3 Å². The van der Waals surface area contributed by atoms with E-state index in [4.69, 9.17) is 5.73 Å². The Labute approximate surface area is 139 Å². The van der Waals surface area contributed by atoms with Crippen LogP contribution < -0.4 is 11.1 Å². The van der Waals surface area contributed by atoms with Crippen molar-refractivity contribution < 1.29 is 4.79 Å². The summed E-state index contributed by atoms with van der Waals surface area (Å²) in [6.07, 6.45) is 0. The lowest BCUT2D eigenvalue weighted by Gasteiger charge is -2.10. The minimum atomic E-state index is 0.0512. The van der Waals surface area contributed by atoms with Gasteiger partial charge < -0.3 is 16.0 Å². The Morgan fingerprint density at radius 3 is 2.70 bits per heavy atom. The molecule has 1 aromatic heterocycles. The molecule has 1 aromatic carbocycles. The molecule has 0 saturated carbocycles. The van der Waals surface area contributed by atoms with Gasteiger partial charge in [0.2, 0.25) is 17.8 Å². The van der Waals surface area contributed by atoms with Gasteiger partial charge in [0.1, 0.15) is 5.82 Å². The van der Waals surface area contributed by atoms with Crippen LogP contribution >= 0.6 is 11.8 Å². The molecule has 0 aliphatic heterocycles. The molecule has 2 rings (SSSR count). The van der Waals surface area contributed by atoms with Crippen molar-refractivity contribution in [3.63, 3.8) is 0 Å². The van der Waals surface area contributed by atoms with Gasteiger partial charge in [0, 0.05) is 19.8 Å². The number of aromatic nitrogens is 3. The molecule has 23 heavy (non-hydrogen) atoms. The molecule has 1 amide bonds. The maximum atomic E-state index is 11.6. The van der Waals surface area contributed by atoms with Gasteiger partial charge in [-0.2, -0.15) is 15.0 Å². The van der Waals surface area contributed by atoms with Gasteiger partial charge >= 0.3 is 0 Å². The predicted molar refractivity (Wildman–Crippen MR) is 93.6 cm³/mol. The summed E-state index contributed by atoms with van der Waals surface area (Å²) in [4.78, 5) is 25.7. The largest absolute Gasteiger partial charge is 0.368 e. The smallest absolute Gasteiger partial charge is 0.232 e. The van der Waals surface area contributed by atoms with Crippen LogP contribution in [0.3, 0.4) is 0 Å². The number of nitrogens with two attached hydrogens (primary N) is 1. The van der Waals surface area contributed by atoms with Crippen LogP contribution in [0.1, 0.15) is 11.4 Å². The molecular weight excluding hydrogens is 312 g/mol. The van der Waals surface area contributed by atoms with E-state index in [9.17, 15) is 4.79 Å². The average molecular weight is 332 g/mol. The number of aryl methyl sites for hydroxylation is 1. The van der Waals surface area contributed by atoms with Crippen LogP contribution in [0.4, 0.5) is 17.6 Å². The van der Waals surface area contributed by atoms with Crippen molar-refractivity contribution in [3.05, 3.63) is 35.7 Å². The first kappa shape index (κ1) is 17.0. The lowest BCUT2D eigenvalue weighted by atomic mass is 10.2. The number of nitrogens with zero attached hydrogens (tertiary/aromatic N) is 4. The highest BCUT2D eigenvalue weighted by molar-refractivity contribution is 7.99. The maximum absolute atomic E-state index is 11.6. The third kappa shape index (κ3) is 5.10. The minimum Gasteiger partial charge on any atom is -0.368 e. The first-order chi connectivity index (χ1) is 11.0. The zero-order valence-corrected chi connectivity index (χ0v) is 14.2. The van der Waals surface area contributed by atoms with Gasteiger partial charge in [0.05, 0.1) is 11.5 Å². The average Bonchev–Trinajstić information content (AvgIpc) is 2.49. The Morgan fingerprint density at radius 2 is 2.00 bits per heavy atom. The van der Waals surface area contributed by atoms with E-state index in [1.807, 2.05) is 31.2 Å². The number of para-hydroxylation sites is 1. The zero-order chi connectivity index (χ0) is 16.8. The van der Waals surface area contributed by atoms with Crippen molar-refractivity contribution in [2.75, 3.05) is 30.9 Å². The summed E-state index contributed by atoms with van der Waals surface area (Å²) in [5.41, 5.74) is 7.74. The maximum Gasteiger partial charge on any atom is 0.232 e. The first-order valence-electron chi connectivity index (χ1n) is 7.06. The number of hydrogen-bond donors (Lipinski definition) is 2. The summed E-state index contributed by atoms with van der Waals surface area (Å²) >= 11 is 1.44. The predicted octanol–water partition coefficient (Wildman–Crippen LogP) is 1.83. The zero-order valence-electron chi connectivity index (χ0n) is 13.4. The fraction of sp³-hybridized carbons (Fsp3) is 0.333. The van der Waals surface area contributed by atoms with Crippen molar-refractivity contribution in [1.29, 1.82) is 0 Å². The second-order valence-electron chi connectivity index (χ2n) is 5.15. The molecule has 0 aliphatic rings. The summed E-state index contributed by atoms with van der Waals surface area (Å²) in [5, 5.41) is 3.14. The summed E-state index contributed by atoms with van der Waals surface area (Å²) < 4.78 is 0. The number of anilines is 3. The number of amides is 1. The molecule has 0 atom stereocenters. The van der Waals surface area contributed by atoms with Gasteiger partial charge in [-0.1, -0.05) is 18.2 Å². The van der Waals surface area contributed by atoms with Crippen molar-refractivity contribution >= 4 is 35.3 Å². The van der Waals surface area contributed by atoms with Gasteiger partial charge in [0.25, 0.3) is 0 Å². The third-order valence-electron chi connectivity index (χ3n) is 3.05. The Balaban J connectivity index is 2.04. The Kier molecular flexibility index (Phi) is 5.75. The number of nitrogen functional groups attached to an aromatic ring is 1. The summed E-state index contributed by atoms with van der Waals surface area (Å²) in [6, 6.07) is 7.84. The van der Waals surface area contributed by atoms with Gasteiger partial charge in [-0.15, -0.1) is 11.8 Å². The molecule has 0 bridgehead atoms. The quantitative estimate of drug-likeness (QED) is 0.833. The molecule has 0 radical (unpaired) electrons. The monoisotopic (exact) mass is 332 g/mol. The van der Waals surface area contributed by atoms with Crippen LogP contribution in [0.5, 0.6) is 0 Å². The van der Waals surface area contributed by atoms with Crippen molar-refractivity contribution in [1.82, 2.24) is 19.9 Å². The molecule has 122 valence electrons. The van der Waals surface area contributed by atoms with Crippen molar-refractivity contribution in [3.8, 4) is 0 Å². The molecule has 8 heteroatoms. The Hall–Kier alpha value is -2.35. The molecule has 0 saturated heterocycles. The number of carbonyl (C=O) groups is 1. The molecule has 2 aromatic rings. The second-order valence-corrected chi connectivity index (χ2v) is 6.14. The molecular formula is C15H20N6OS. The normalized spacial score (nSPS) is 10.4. The highest BCUT2D eigenvalue weighted by atomic mass is 32.2. The number of benzene rings is 1. The van der Waals surface area contributed by atoms with Gasteiger partial charge in [-0.25, -0.2) is 0 Å². The number of hydrogen-bond acceptors (Lipinski definition) is 7. The lowest BCUT2D eigenvalue weighted by molar-refractivity contribution is -0.125. The molecule has 0 unspecified atom stereocenters. The minimum absolute atomic E-state index is 0.0512. The molecule has 0 aliphatic carbocycles. The van der Waals surface area contributed by atoms with E-state index in [-0.39, 0.29) is 11.9 Å². The van der Waals surface area contributed by atoms with Crippen LogP contribution in [-0.2, 0) is 10.5 Å². The van der Waals surface area contributed by atoms with E-state index in [0.717, 1.165) is 11.3 Å². The van der Waals surface area contributed by atoms with E-state index in [2.05, 4.69) is 20.3 Å². The summed E-state index contributed by atoms with van der Waals surface area (Å²) in [7, 11) is 3.46. The standard InChI is InChI=1S/C15H20N6OS/c1-10-6-4-5-7-11(10)17-15-19-12(18-14(16)20-15)8-23-9-13(22)21(2)3/h4-7H,8-9H2,1-3H3,(H3,16,17,18,19,20).